The molecule has 0 radical (unpaired) electrons. The molecule has 0 nitrogen and oxygen atoms in total. The summed E-state index contributed by atoms with van der Waals surface area (Å²) < 4.78 is 0. The summed E-state index contributed by atoms with van der Waals surface area (Å²) >= 11 is 0. The minimum atomic E-state index is 0.838. The molecule has 0 heterocycles. The number of hydrogen-bond acceptors (Lipinski definition) is 0. The van der Waals surface area contributed by atoms with Crippen molar-refractivity contribution in [2.24, 2.45) is 5.92 Å². The van der Waals surface area contributed by atoms with Gasteiger partial charge in [-0.2, -0.15) is 0 Å². The molecule has 1 atom stereocenters. The molecule has 0 amide bonds. The predicted octanol–water partition coefficient (Wildman–Crippen LogP) is 7.29. The zero-order chi connectivity index (χ0) is 14.3. The van der Waals surface area contributed by atoms with Gasteiger partial charge >= 0.3 is 0 Å². The second kappa shape index (κ2) is 14.2. The predicted molar refractivity (Wildman–Crippen MR) is 89.7 cm³/mol. The molecule has 0 aromatic carbocycles. The van der Waals surface area contributed by atoms with Gasteiger partial charge in [0.15, 0.2) is 0 Å². The maximum atomic E-state index is 2.56. The summed E-state index contributed by atoms with van der Waals surface area (Å²) in [5.74, 6) is 0.838. The van der Waals surface area contributed by atoms with Gasteiger partial charge in [-0.1, -0.05) is 83.8 Å². The fourth-order valence-corrected chi connectivity index (χ4v) is 2.72. The zero-order valence-corrected chi connectivity index (χ0v) is 14.1. The van der Waals surface area contributed by atoms with Crippen molar-refractivity contribution in [3.63, 3.8) is 0 Å². The van der Waals surface area contributed by atoms with Gasteiger partial charge in [-0.05, 0) is 38.5 Å². The number of hydrogen-bond donors (Lipinski definition) is 0. The van der Waals surface area contributed by atoms with E-state index < -0.39 is 0 Å². The lowest BCUT2D eigenvalue weighted by Gasteiger charge is -2.11. The van der Waals surface area contributed by atoms with Crippen LogP contribution in [0.4, 0.5) is 0 Å². The van der Waals surface area contributed by atoms with Gasteiger partial charge in [0.2, 0.25) is 0 Å². The Labute approximate surface area is 123 Å². The largest absolute Gasteiger partial charge is 0.0825 e. The first-order chi connectivity index (χ1) is 9.24. The lowest BCUT2D eigenvalue weighted by atomic mass is 9.95. The molecule has 1 unspecified atom stereocenters. The highest BCUT2D eigenvalue weighted by molar-refractivity contribution is 5.00. The molecule has 0 aliphatic rings. The highest BCUT2D eigenvalue weighted by atomic mass is 14.1. The van der Waals surface area contributed by atoms with Gasteiger partial charge in [-0.25, -0.2) is 0 Å². The quantitative estimate of drug-likeness (QED) is 0.242. The Hall–Kier alpha value is -0.260. The van der Waals surface area contributed by atoms with Crippen molar-refractivity contribution >= 4 is 0 Å². The molecule has 114 valence electrons. The lowest BCUT2D eigenvalue weighted by molar-refractivity contribution is 0.534. The van der Waals surface area contributed by atoms with Crippen LogP contribution in [0.1, 0.15) is 105 Å². The number of allylic oxidation sites excluding steroid dienone is 2. The molecule has 0 spiro atoms. The van der Waals surface area contributed by atoms with Crippen LogP contribution in [-0.2, 0) is 0 Å². The van der Waals surface area contributed by atoms with E-state index in [1.54, 1.807) is 5.57 Å². The van der Waals surface area contributed by atoms with Gasteiger partial charge in [0.05, 0.1) is 0 Å². The Bertz CT molecular complexity index is 202. The molecular formula is C19H38. The Morgan fingerprint density at radius 1 is 0.789 bits per heavy atom. The molecular weight excluding hydrogens is 228 g/mol. The highest BCUT2D eigenvalue weighted by Gasteiger charge is 2.02. The second-order valence-electron chi connectivity index (χ2n) is 6.19. The van der Waals surface area contributed by atoms with Crippen molar-refractivity contribution in [3.05, 3.63) is 11.6 Å². The van der Waals surface area contributed by atoms with E-state index >= 15 is 0 Å². The first-order valence-corrected chi connectivity index (χ1v) is 8.91. The van der Waals surface area contributed by atoms with Gasteiger partial charge in [-0.3, -0.25) is 0 Å². The van der Waals surface area contributed by atoms with Gasteiger partial charge < -0.3 is 0 Å². The molecule has 0 saturated heterocycles. The topological polar surface area (TPSA) is 0 Å². The maximum Gasteiger partial charge on any atom is -0.0234 e. The summed E-state index contributed by atoms with van der Waals surface area (Å²) in [6, 6.07) is 0. The molecule has 0 rings (SSSR count). The Morgan fingerprint density at radius 2 is 1.37 bits per heavy atom. The Morgan fingerprint density at radius 3 is 1.95 bits per heavy atom. The van der Waals surface area contributed by atoms with E-state index in [0.29, 0.717) is 0 Å². The van der Waals surface area contributed by atoms with Crippen molar-refractivity contribution in [2.75, 3.05) is 0 Å². The molecule has 0 bridgehead atoms. The van der Waals surface area contributed by atoms with E-state index in [1.165, 1.54) is 77.0 Å². The first kappa shape index (κ1) is 18.7. The minimum Gasteiger partial charge on any atom is -0.0825 e. The van der Waals surface area contributed by atoms with Gasteiger partial charge in [0.1, 0.15) is 0 Å². The standard InChI is InChI=1S/C19H38/c1-5-8-10-11-12-13-14-15-18(4)17-19(7-3)16-9-6-2/h17,19H,5-16H2,1-4H3. The highest BCUT2D eigenvalue weighted by Crippen LogP contribution is 2.19. The summed E-state index contributed by atoms with van der Waals surface area (Å²) in [6.07, 6.45) is 19.3. The Kier molecular flexibility index (Phi) is 14.0. The summed E-state index contributed by atoms with van der Waals surface area (Å²) in [5.41, 5.74) is 1.64. The Balaban J connectivity index is 3.61. The first-order valence-electron chi connectivity index (χ1n) is 8.91. The third kappa shape index (κ3) is 12.5. The summed E-state index contributed by atoms with van der Waals surface area (Å²) in [5, 5.41) is 0. The van der Waals surface area contributed by atoms with Crippen LogP contribution in [0.5, 0.6) is 0 Å². The van der Waals surface area contributed by atoms with Crippen molar-refractivity contribution in [1.82, 2.24) is 0 Å². The van der Waals surface area contributed by atoms with E-state index in [1.807, 2.05) is 0 Å². The van der Waals surface area contributed by atoms with Gasteiger partial charge in [-0.15, -0.1) is 0 Å². The van der Waals surface area contributed by atoms with E-state index in [9.17, 15) is 0 Å². The van der Waals surface area contributed by atoms with Crippen LogP contribution in [0.3, 0.4) is 0 Å². The summed E-state index contributed by atoms with van der Waals surface area (Å²) in [7, 11) is 0. The number of unbranched alkanes of at least 4 members (excludes halogenated alkanes) is 7. The van der Waals surface area contributed by atoms with Crippen LogP contribution in [0.25, 0.3) is 0 Å². The van der Waals surface area contributed by atoms with Crippen LogP contribution in [-0.4, -0.2) is 0 Å². The molecule has 0 heteroatoms. The van der Waals surface area contributed by atoms with Crippen molar-refractivity contribution in [1.29, 1.82) is 0 Å². The minimum absolute atomic E-state index is 0.838. The molecule has 0 aliphatic carbocycles. The molecule has 0 fully saturated rings. The fourth-order valence-electron chi connectivity index (χ4n) is 2.72. The maximum absolute atomic E-state index is 2.56. The van der Waals surface area contributed by atoms with Crippen LogP contribution in [0.2, 0.25) is 0 Å². The average molecular weight is 267 g/mol. The van der Waals surface area contributed by atoms with Gasteiger partial charge in [0, 0.05) is 0 Å². The third-order valence-corrected chi connectivity index (χ3v) is 4.15. The molecule has 19 heavy (non-hydrogen) atoms. The van der Waals surface area contributed by atoms with Gasteiger partial charge in [0.25, 0.3) is 0 Å². The number of rotatable bonds is 13. The van der Waals surface area contributed by atoms with Crippen LogP contribution >= 0.6 is 0 Å². The van der Waals surface area contributed by atoms with E-state index in [2.05, 4.69) is 33.8 Å². The van der Waals surface area contributed by atoms with Crippen molar-refractivity contribution in [3.8, 4) is 0 Å². The molecule has 0 N–H and O–H groups in total. The fraction of sp³-hybridized carbons (Fsp3) is 0.895. The summed E-state index contributed by atoms with van der Waals surface area (Å²) in [6.45, 7) is 9.25. The normalized spacial score (nSPS) is 13.8. The SMILES string of the molecule is CCCCCCCCCC(C)=CC(CC)CCCC. The lowest BCUT2D eigenvalue weighted by Crippen LogP contribution is -1.96. The monoisotopic (exact) mass is 266 g/mol. The van der Waals surface area contributed by atoms with E-state index in [0.717, 1.165) is 5.92 Å². The molecule has 0 aromatic heterocycles. The molecule has 0 aliphatic heterocycles. The molecule has 0 saturated carbocycles. The van der Waals surface area contributed by atoms with Crippen LogP contribution in [0.15, 0.2) is 11.6 Å². The van der Waals surface area contributed by atoms with Crippen LogP contribution in [0, 0.1) is 5.92 Å². The van der Waals surface area contributed by atoms with Crippen molar-refractivity contribution < 1.29 is 0 Å². The second-order valence-corrected chi connectivity index (χ2v) is 6.19. The van der Waals surface area contributed by atoms with E-state index in [-0.39, 0.29) is 0 Å². The molecule has 0 aromatic rings. The van der Waals surface area contributed by atoms with Crippen molar-refractivity contribution in [2.45, 2.75) is 105 Å². The average Bonchev–Trinajstić information content (AvgIpc) is 2.42. The smallest absolute Gasteiger partial charge is 0.0234 e. The third-order valence-electron chi connectivity index (χ3n) is 4.15. The summed E-state index contributed by atoms with van der Waals surface area (Å²) in [4.78, 5) is 0. The zero-order valence-electron chi connectivity index (χ0n) is 14.1. The van der Waals surface area contributed by atoms with E-state index in [4.69, 9.17) is 0 Å². The van der Waals surface area contributed by atoms with Crippen LogP contribution < -0.4 is 0 Å².